The quantitative estimate of drug-likeness (QED) is 0.456. The van der Waals surface area contributed by atoms with E-state index in [1.54, 1.807) is 7.11 Å². The highest BCUT2D eigenvalue weighted by molar-refractivity contribution is 5.97. The van der Waals surface area contributed by atoms with Gasteiger partial charge >= 0.3 is 0 Å². The fourth-order valence-corrected chi connectivity index (χ4v) is 4.94. The minimum atomic E-state index is -0.431. The fourth-order valence-electron chi connectivity index (χ4n) is 4.94. The largest absolute Gasteiger partial charge is 0.380 e. The number of dihydropyridines is 1. The van der Waals surface area contributed by atoms with Gasteiger partial charge in [0.25, 0.3) is 0 Å². The summed E-state index contributed by atoms with van der Waals surface area (Å²) in [5.41, 5.74) is 10.3. The van der Waals surface area contributed by atoms with Gasteiger partial charge in [-0.05, 0) is 60.1 Å². The first kappa shape index (κ1) is 26.1. The van der Waals surface area contributed by atoms with E-state index in [-0.39, 0.29) is 29.6 Å². The van der Waals surface area contributed by atoms with Crippen LogP contribution in [0.1, 0.15) is 39.2 Å². The Balaban J connectivity index is 1.53. The predicted molar refractivity (Wildman–Crippen MR) is 144 cm³/mol. The summed E-state index contributed by atoms with van der Waals surface area (Å²) in [6, 6.07) is 16.3. The van der Waals surface area contributed by atoms with Gasteiger partial charge in [0.15, 0.2) is 0 Å². The van der Waals surface area contributed by atoms with Crippen LogP contribution in [0.3, 0.4) is 0 Å². The van der Waals surface area contributed by atoms with Crippen LogP contribution in [0.5, 0.6) is 0 Å². The summed E-state index contributed by atoms with van der Waals surface area (Å²) >= 11 is 0. The van der Waals surface area contributed by atoms with Crippen LogP contribution < -0.4 is 16.0 Å². The third-order valence-electron chi connectivity index (χ3n) is 7.80. The summed E-state index contributed by atoms with van der Waals surface area (Å²) in [7, 11) is 1.69. The molecule has 2 aromatic carbocycles. The molecule has 0 bridgehead atoms. The second-order valence-electron chi connectivity index (χ2n) is 10.4. The lowest BCUT2D eigenvalue weighted by molar-refractivity contribution is -0.120. The molecule has 2 aliphatic rings. The van der Waals surface area contributed by atoms with Crippen molar-refractivity contribution in [2.75, 3.05) is 18.6 Å². The van der Waals surface area contributed by atoms with E-state index in [0.717, 1.165) is 35.2 Å². The topological polar surface area (TPSA) is 67.6 Å². The Labute approximate surface area is 214 Å². The van der Waals surface area contributed by atoms with Crippen LogP contribution in [0.2, 0.25) is 0 Å². The number of allylic oxidation sites excluding steroid dienone is 2. The van der Waals surface area contributed by atoms with Gasteiger partial charge in [0.1, 0.15) is 5.83 Å². The molecule has 6 heteroatoms. The normalized spacial score (nSPS) is 24.4. The Hall–Kier alpha value is -2.96. The van der Waals surface area contributed by atoms with E-state index in [9.17, 15) is 9.18 Å². The molecule has 2 aromatic rings. The molecule has 0 spiro atoms. The van der Waals surface area contributed by atoms with Crippen LogP contribution in [0.25, 0.3) is 11.1 Å². The number of methoxy groups -OCH3 is 1. The number of benzene rings is 2. The number of nitrogens with zero attached hydrogens (tertiary/aromatic N) is 1. The second-order valence-corrected chi connectivity index (χ2v) is 10.4. The van der Waals surface area contributed by atoms with Gasteiger partial charge in [0.2, 0.25) is 5.91 Å². The van der Waals surface area contributed by atoms with E-state index in [0.29, 0.717) is 19.1 Å². The van der Waals surface area contributed by atoms with Crippen LogP contribution in [-0.4, -0.2) is 31.1 Å². The number of nitrogens with one attached hydrogen (secondary N) is 1. The summed E-state index contributed by atoms with van der Waals surface area (Å²) in [5.74, 6) is 0.0675. The van der Waals surface area contributed by atoms with Crippen molar-refractivity contribution in [1.82, 2.24) is 5.32 Å². The summed E-state index contributed by atoms with van der Waals surface area (Å²) in [4.78, 5) is 15.6. The number of anilines is 1. The number of hydrogen-bond donors (Lipinski definition) is 2. The monoisotopic (exact) mass is 491 g/mol. The van der Waals surface area contributed by atoms with Crippen molar-refractivity contribution in [3.8, 4) is 11.1 Å². The van der Waals surface area contributed by atoms with E-state index in [1.165, 1.54) is 12.3 Å². The molecular formula is C30H38FN3O2. The van der Waals surface area contributed by atoms with Crippen molar-refractivity contribution in [3.63, 3.8) is 0 Å². The number of hydrogen-bond acceptors (Lipinski definition) is 4. The third kappa shape index (κ3) is 5.71. The second kappa shape index (κ2) is 11.0. The zero-order valence-electron chi connectivity index (χ0n) is 21.7. The Kier molecular flexibility index (Phi) is 7.96. The van der Waals surface area contributed by atoms with Crippen molar-refractivity contribution >= 4 is 11.6 Å². The third-order valence-corrected chi connectivity index (χ3v) is 7.80. The molecule has 0 saturated heterocycles. The highest BCUT2D eigenvalue weighted by Gasteiger charge is 2.54. The van der Waals surface area contributed by atoms with Crippen molar-refractivity contribution in [1.29, 1.82) is 0 Å². The van der Waals surface area contributed by atoms with Gasteiger partial charge in [-0.25, -0.2) is 4.39 Å². The number of amides is 1. The number of rotatable bonds is 10. The highest BCUT2D eigenvalue weighted by atomic mass is 19.1. The maximum Gasteiger partial charge on any atom is 0.230 e. The number of carbonyl (C=O) groups excluding carboxylic acids is 1. The van der Waals surface area contributed by atoms with Crippen LogP contribution in [0.15, 0.2) is 72.7 Å². The predicted octanol–water partition coefficient (Wildman–Crippen LogP) is 5.57. The molecule has 1 heterocycles. The standard InChI is InChI=1S/C30H38FN3O2/c1-5-20(2)28(32)18-34(29(35)26-16-27(26)30(3)15-14-24(31)17-33-30)25-12-10-23(11-13-25)22-8-6-21(7-9-22)19-36-4/h6-15,17,20,26-28,33H,5,16,18-19,32H2,1-4H3/t20-,26-,27-,28+,30?/m0/s1. The minimum absolute atomic E-state index is 0.0851. The van der Waals surface area contributed by atoms with Gasteiger partial charge < -0.3 is 20.7 Å². The van der Waals surface area contributed by atoms with E-state index in [1.807, 2.05) is 30.0 Å². The lowest BCUT2D eigenvalue weighted by Gasteiger charge is -2.32. The van der Waals surface area contributed by atoms with Crippen molar-refractivity contribution < 1.29 is 13.9 Å². The SMILES string of the molecule is CC[C@H](C)[C@H](N)CN(C(=O)[C@H]1C[C@@H]1C1(C)C=CC(F)=CN1)c1ccc(-c2ccc(COC)cc2)cc1. The molecule has 3 N–H and O–H groups in total. The number of ether oxygens (including phenoxy) is 1. The van der Waals surface area contributed by atoms with Gasteiger partial charge in [-0.15, -0.1) is 0 Å². The summed E-state index contributed by atoms with van der Waals surface area (Å²) in [6.07, 6.45) is 6.42. The van der Waals surface area contributed by atoms with Crippen molar-refractivity contribution in [3.05, 3.63) is 78.3 Å². The molecule has 4 rings (SSSR count). The molecule has 1 saturated carbocycles. The molecule has 1 fully saturated rings. The van der Waals surface area contributed by atoms with Gasteiger partial charge in [0.05, 0.1) is 12.1 Å². The molecular weight excluding hydrogens is 453 g/mol. The van der Waals surface area contributed by atoms with Crippen LogP contribution >= 0.6 is 0 Å². The van der Waals surface area contributed by atoms with Gasteiger partial charge in [-0.3, -0.25) is 4.79 Å². The minimum Gasteiger partial charge on any atom is -0.380 e. The van der Waals surface area contributed by atoms with E-state index in [4.69, 9.17) is 10.5 Å². The smallest absolute Gasteiger partial charge is 0.230 e. The summed E-state index contributed by atoms with van der Waals surface area (Å²) in [6.45, 7) is 7.32. The van der Waals surface area contributed by atoms with E-state index >= 15 is 0 Å². The van der Waals surface area contributed by atoms with Crippen LogP contribution in [0, 0.1) is 17.8 Å². The Morgan fingerprint density at radius 2 is 1.83 bits per heavy atom. The molecule has 1 aliphatic carbocycles. The number of carbonyl (C=O) groups is 1. The average molecular weight is 492 g/mol. The number of halogens is 1. The molecule has 0 radical (unpaired) electrons. The molecule has 5 atom stereocenters. The first-order valence-corrected chi connectivity index (χ1v) is 12.8. The Bertz CT molecular complexity index is 1110. The summed E-state index contributed by atoms with van der Waals surface area (Å²) < 4.78 is 18.7. The first-order chi connectivity index (χ1) is 17.3. The first-order valence-electron chi connectivity index (χ1n) is 12.8. The van der Waals surface area contributed by atoms with Crippen molar-refractivity contribution in [2.24, 2.45) is 23.5 Å². The lowest BCUT2D eigenvalue weighted by atomic mass is 9.91. The maximum absolute atomic E-state index is 13.8. The molecule has 1 amide bonds. The highest BCUT2D eigenvalue weighted by Crippen LogP contribution is 2.49. The molecule has 0 aromatic heterocycles. The van der Waals surface area contributed by atoms with Gasteiger partial charge in [-0.2, -0.15) is 0 Å². The van der Waals surface area contributed by atoms with Crippen LogP contribution in [-0.2, 0) is 16.1 Å². The lowest BCUT2D eigenvalue weighted by Crippen LogP contribution is -2.47. The molecule has 1 aliphatic heterocycles. The maximum atomic E-state index is 13.8. The molecule has 192 valence electrons. The number of nitrogens with two attached hydrogens (primary N) is 1. The van der Waals surface area contributed by atoms with Gasteiger partial charge in [-0.1, -0.05) is 62.7 Å². The molecule has 36 heavy (non-hydrogen) atoms. The zero-order chi connectivity index (χ0) is 25.9. The molecule has 1 unspecified atom stereocenters. The van der Waals surface area contributed by atoms with Crippen molar-refractivity contribution in [2.45, 2.75) is 51.8 Å². The average Bonchev–Trinajstić information content (AvgIpc) is 3.71. The van der Waals surface area contributed by atoms with Gasteiger partial charge in [0, 0.05) is 37.5 Å². The van der Waals surface area contributed by atoms with Crippen LogP contribution in [0.4, 0.5) is 10.1 Å². The fraction of sp³-hybridized carbons (Fsp3) is 0.433. The van der Waals surface area contributed by atoms with E-state index < -0.39 is 5.54 Å². The summed E-state index contributed by atoms with van der Waals surface area (Å²) in [5, 5.41) is 3.15. The molecule has 5 nitrogen and oxygen atoms in total. The Morgan fingerprint density at radius 3 is 2.39 bits per heavy atom. The Morgan fingerprint density at radius 1 is 1.19 bits per heavy atom. The zero-order valence-corrected chi connectivity index (χ0v) is 21.7. The van der Waals surface area contributed by atoms with E-state index in [2.05, 4.69) is 55.6 Å².